The molecule has 0 atom stereocenters. The molecule has 0 aromatic heterocycles. The van der Waals surface area contributed by atoms with Gasteiger partial charge >= 0.3 is 0 Å². The molecule has 0 unspecified atom stereocenters. The number of halogens is 2. The summed E-state index contributed by atoms with van der Waals surface area (Å²) >= 11 is 12.9. The van der Waals surface area contributed by atoms with Gasteiger partial charge in [-0.1, -0.05) is 65.7 Å². The number of para-hydroxylation sites is 1. The summed E-state index contributed by atoms with van der Waals surface area (Å²) in [5.41, 5.74) is 2.56. The lowest BCUT2D eigenvalue weighted by Gasteiger charge is -2.13. The molecule has 0 bridgehead atoms. The lowest BCUT2D eigenvalue weighted by atomic mass is 10.1. The summed E-state index contributed by atoms with van der Waals surface area (Å²) < 4.78 is 5.94. The topological polar surface area (TPSA) is 70.4 Å². The van der Waals surface area contributed by atoms with Gasteiger partial charge in [-0.25, -0.2) is 0 Å². The molecule has 4 rings (SSSR count). The number of nitrogens with zero attached hydrogens (tertiary/aromatic N) is 2. The first kappa shape index (κ1) is 22.9. The maximum atomic E-state index is 12.9. The molecule has 1 saturated heterocycles. The number of imide groups is 1. The Morgan fingerprint density at radius 1 is 1.00 bits per heavy atom. The molecule has 1 heterocycles. The summed E-state index contributed by atoms with van der Waals surface area (Å²) in [5.74, 6) is 0.155. The summed E-state index contributed by atoms with van der Waals surface area (Å²) in [7, 11) is 0. The molecule has 5 nitrogen and oxygen atoms in total. The number of nitriles is 1. The van der Waals surface area contributed by atoms with Crippen LogP contribution in [0.15, 0.2) is 71.6 Å². The molecule has 0 N–H and O–H groups in total. The fourth-order valence-electron chi connectivity index (χ4n) is 3.24. The molecule has 0 spiro atoms. The van der Waals surface area contributed by atoms with Gasteiger partial charge in [0.25, 0.3) is 11.1 Å². The smallest absolute Gasteiger partial charge is 0.293 e. The minimum absolute atomic E-state index is 0.0429. The van der Waals surface area contributed by atoms with Crippen molar-refractivity contribution in [1.82, 2.24) is 4.90 Å². The second kappa shape index (κ2) is 10.1. The number of benzene rings is 3. The van der Waals surface area contributed by atoms with Gasteiger partial charge in [0, 0.05) is 5.56 Å². The predicted octanol–water partition coefficient (Wildman–Crippen LogP) is 6.68. The van der Waals surface area contributed by atoms with E-state index < -0.39 is 5.91 Å². The van der Waals surface area contributed by atoms with Crippen molar-refractivity contribution in [2.24, 2.45) is 0 Å². The van der Waals surface area contributed by atoms with Gasteiger partial charge in [-0.2, -0.15) is 5.26 Å². The molecule has 164 valence electrons. The zero-order valence-electron chi connectivity index (χ0n) is 17.1. The van der Waals surface area contributed by atoms with Crippen LogP contribution in [0, 0.1) is 11.3 Å². The highest BCUT2D eigenvalue weighted by Gasteiger charge is 2.35. The number of hydrogen-bond acceptors (Lipinski definition) is 5. The molecule has 0 radical (unpaired) electrons. The summed E-state index contributed by atoms with van der Waals surface area (Å²) in [6.07, 6.45) is 1.64. The van der Waals surface area contributed by atoms with E-state index in [4.69, 9.17) is 27.9 Å². The molecule has 3 aromatic carbocycles. The third-order valence-corrected chi connectivity index (χ3v) is 6.57. The lowest BCUT2D eigenvalue weighted by molar-refractivity contribution is -0.123. The Hall–Kier alpha value is -3.24. The Bertz CT molecular complexity index is 1320. The highest BCUT2D eigenvalue weighted by Crippen LogP contribution is 2.35. The number of rotatable bonds is 6. The second-order valence-corrected chi connectivity index (χ2v) is 8.92. The monoisotopic (exact) mass is 494 g/mol. The number of ether oxygens (including phenoxy) is 1. The lowest BCUT2D eigenvalue weighted by Crippen LogP contribution is -2.27. The van der Waals surface area contributed by atoms with Gasteiger partial charge in [0.05, 0.1) is 33.1 Å². The molecule has 1 aliphatic rings. The van der Waals surface area contributed by atoms with Crippen molar-refractivity contribution in [2.45, 2.75) is 13.2 Å². The van der Waals surface area contributed by atoms with Crippen molar-refractivity contribution in [2.75, 3.05) is 0 Å². The zero-order valence-corrected chi connectivity index (χ0v) is 19.5. The van der Waals surface area contributed by atoms with E-state index in [0.29, 0.717) is 37.4 Å². The van der Waals surface area contributed by atoms with Gasteiger partial charge in [0.2, 0.25) is 0 Å². The van der Waals surface area contributed by atoms with Crippen LogP contribution in [0.5, 0.6) is 5.75 Å². The normalized spacial score (nSPS) is 14.6. The van der Waals surface area contributed by atoms with E-state index in [1.54, 1.807) is 48.5 Å². The van der Waals surface area contributed by atoms with Crippen molar-refractivity contribution in [3.63, 3.8) is 0 Å². The molecule has 0 aliphatic carbocycles. The SMILES string of the molecule is N#Cc1ccccc1CN1C(=O)S/C(=C/c2ccccc2OCc2ccc(Cl)c(Cl)c2)C1=O. The maximum absolute atomic E-state index is 12.9. The number of hydrogen-bond donors (Lipinski definition) is 0. The van der Waals surface area contributed by atoms with Crippen LogP contribution in [0.1, 0.15) is 22.3 Å². The van der Waals surface area contributed by atoms with Crippen LogP contribution >= 0.6 is 35.0 Å². The fraction of sp³-hybridized carbons (Fsp3) is 0.0800. The van der Waals surface area contributed by atoms with Crippen molar-refractivity contribution in [1.29, 1.82) is 5.26 Å². The highest BCUT2D eigenvalue weighted by molar-refractivity contribution is 8.18. The van der Waals surface area contributed by atoms with Gasteiger partial charge in [-0.15, -0.1) is 0 Å². The molecule has 33 heavy (non-hydrogen) atoms. The van der Waals surface area contributed by atoms with E-state index in [1.807, 2.05) is 24.3 Å². The highest BCUT2D eigenvalue weighted by atomic mass is 35.5. The van der Waals surface area contributed by atoms with E-state index in [0.717, 1.165) is 22.2 Å². The summed E-state index contributed by atoms with van der Waals surface area (Å²) in [4.78, 5) is 26.9. The Balaban J connectivity index is 1.53. The van der Waals surface area contributed by atoms with Gasteiger partial charge < -0.3 is 4.74 Å². The minimum atomic E-state index is -0.406. The van der Waals surface area contributed by atoms with Crippen LogP contribution in [0.4, 0.5) is 4.79 Å². The largest absolute Gasteiger partial charge is 0.488 e. The van der Waals surface area contributed by atoms with Gasteiger partial charge in [-0.3, -0.25) is 14.5 Å². The van der Waals surface area contributed by atoms with E-state index in [-0.39, 0.29) is 18.4 Å². The van der Waals surface area contributed by atoms with Crippen molar-refractivity contribution in [3.05, 3.63) is 104 Å². The Morgan fingerprint density at radius 3 is 2.55 bits per heavy atom. The first-order valence-corrected chi connectivity index (χ1v) is 11.4. The molecule has 2 amide bonds. The van der Waals surface area contributed by atoms with Crippen LogP contribution in [0.3, 0.4) is 0 Å². The van der Waals surface area contributed by atoms with Gasteiger partial charge in [0.15, 0.2) is 0 Å². The molecular formula is C25H16Cl2N2O3S. The fourth-order valence-corrected chi connectivity index (χ4v) is 4.39. The third-order valence-electron chi connectivity index (χ3n) is 4.92. The van der Waals surface area contributed by atoms with Crippen LogP contribution in [0.25, 0.3) is 6.08 Å². The zero-order chi connectivity index (χ0) is 23.4. The molecule has 0 saturated carbocycles. The number of amides is 2. The Labute approximate surface area is 205 Å². The van der Waals surface area contributed by atoms with Crippen molar-refractivity contribution >= 4 is 52.2 Å². The molecule has 8 heteroatoms. The summed E-state index contributed by atoms with van der Waals surface area (Å²) in [5, 5.41) is 9.81. The molecule has 3 aromatic rings. The van der Waals surface area contributed by atoms with Crippen LogP contribution in [-0.4, -0.2) is 16.0 Å². The van der Waals surface area contributed by atoms with E-state index in [1.165, 1.54) is 0 Å². The first-order chi connectivity index (χ1) is 16.0. The van der Waals surface area contributed by atoms with Crippen LogP contribution in [0.2, 0.25) is 10.0 Å². The number of carbonyl (C=O) groups is 2. The predicted molar refractivity (Wildman–Crippen MR) is 130 cm³/mol. The van der Waals surface area contributed by atoms with Crippen LogP contribution < -0.4 is 4.74 Å². The average molecular weight is 495 g/mol. The van der Waals surface area contributed by atoms with Gasteiger partial charge in [0.1, 0.15) is 12.4 Å². The van der Waals surface area contributed by atoms with Gasteiger partial charge in [-0.05, 0) is 53.2 Å². The molecule has 1 fully saturated rings. The maximum Gasteiger partial charge on any atom is 0.293 e. The standard InChI is InChI=1S/C25H16Cl2N2O3S/c26-20-10-9-16(11-21(20)27)15-32-22-8-4-3-5-17(22)12-23-24(30)29(25(31)33-23)14-19-7-2-1-6-18(19)13-28/h1-12H,14-15H2/b23-12+. The molecular weight excluding hydrogens is 479 g/mol. The number of thioether (sulfide) groups is 1. The quantitative estimate of drug-likeness (QED) is 0.357. The Kier molecular flexibility index (Phi) is 7.05. The van der Waals surface area contributed by atoms with Crippen molar-refractivity contribution < 1.29 is 14.3 Å². The summed E-state index contributed by atoms with van der Waals surface area (Å²) in [6, 6.07) is 21.5. The van der Waals surface area contributed by atoms with Crippen molar-refractivity contribution in [3.8, 4) is 11.8 Å². The third kappa shape index (κ3) is 5.23. The van der Waals surface area contributed by atoms with E-state index in [2.05, 4.69) is 6.07 Å². The Morgan fingerprint density at radius 2 is 1.76 bits per heavy atom. The number of carbonyl (C=O) groups excluding carboxylic acids is 2. The minimum Gasteiger partial charge on any atom is -0.488 e. The average Bonchev–Trinajstić information content (AvgIpc) is 3.08. The first-order valence-electron chi connectivity index (χ1n) is 9.85. The molecule has 1 aliphatic heterocycles. The van der Waals surface area contributed by atoms with Crippen LogP contribution in [-0.2, 0) is 17.9 Å². The van der Waals surface area contributed by atoms with E-state index >= 15 is 0 Å². The second-order valence-electron chi connectivity index (χ2n) is 7.11. The van der Waals surface area contributed by atoms with E-state index in [9.17, 15) is 14.9 Å². The summed E-state index contributed by atoms with van der Waals surface area (Å²) in [6.45, 7) is 0.301.